The van der Waals surface area contributed by atoms with Crippen molar-refractivity contribution in [2.45, 2.75) is 25.8 Å². The first-order valence-electron chi connectivity index (χ1n) is 8.75. The van der Waals surface area contributed by atoms with Crippen LogP contribution < -0.4 is 0 Å². The third-order valence-corrected chi connectivity index (χ3v) is 4.87. The van der Waals surface area contributed by atoms with Gasteiger partial charge in [0.2, 0.25) is 5.91 Å². The molecule has 126 valence electrons. The van der Waals surface area contributed by atoms with Crippen LogP contribution in [0.5, 0.6) is 0 Å². The van der Waals surface area contributed by atoms with Gasteiger partial charge in [-0.3, -0.25) is 4.79 Å². The summed E-state index contributed by atoms with van der Waals surface area (Å²) >= 11 is 0. The number of hydrogen-bond acceptors (Lipinski definition) is 2. The molecule has 4 rings (SSSR count). The number of carbonyl (C=O) groups excluding carboxylic acids is 1. The van der Waals surface area contributed by atoms with Gasteiger partial charge < -0.3 is 9.32 Å². The van der Waals surface area contributed by atoms with Crippen molar-refractivity contribution < 1.29 is 9.21 Å². The molecule has 1 aromatic heterocycles. The van der Waals surface area contributed by atoms with Gasteiger partial charge in [-0.05, 0) is 54.3 Å². The smallest absolute Gasteiger partial charge is 0.247 e. The number of amides is 1. The van der Waals surface area contributed by atoms with Crippen LogP contribution in [0.25, 0.3) is 16.8 Å². The summed E-state index contributed by atoms with van der Waals surface area (Å²) in [5, 5.41) is 2.46. The van der Waals surface area contributed by atoms with Crippen molar-refractivity contribution in [1.29, 1.82) is 0 Å². The second kappa shape index (κ2) is 6.60. The van der Waals surface area contributed by atoms with E-state index in [-0.39, 0.29) is 11.9 Å². The van der Waals surface area contributed by atoms with E-state index in [1.54, 1.807) is 12.2 Å². The number of furan rings is 1. The van der Waals surface area contributed by atoms with Crippen LogP contribution in [-0.2, 0) is 4.79 Å². The lowest BCUT2D eigenvalue weighted by Gasteiger charge is -2.25. The van der Waals surface area contributed by atoms with E-state index in [1.165, 1.54) is 16.3 Å². The van der Waals surface area contributed by atoms with E-state index in [9.17, 15) is 4.79 Å². The molecule has 2 aromatic carbocycles. The zero-order chi connectivity index (χ0) is 17.2. The van der Waals surface area contributed by atoms with Gasteiger partial charge in [-0.2, -0.15) is 0 Å². The third-order valence-electron chi connectivity index (χ3n) is 4.87. The lowest BCUT2D eigenvalue weighted by Crippen LogP contribution is -2.29. The maximum atomic E-state index is 12.7. The molecule has 3 nitrogen and oxygen atoms in total. The number of carbonyl (C=O) groups is 1. The van der Waals surface area contributed by atoms with Gasteiger partial charge in [0.1, 0.15) is 11.5 Å². The average Bonchev–Trinajstić information content (AvgIpc) is 3.28. The third kappa shape index (κ3) is 3.10. The van der Waals surface area contributed by atoms with Crippen molar-refractivity contribution in [1.82, 2.24) is 4.90 Å². The van der Waals surface area contributed by atoms with E-state index in [0.29, 0.717) is 5.76 Å². The van der Waals surface area contributed by atoms with E-state index < -0.39 is 0 Å². The first kappa shape index (κ1) is 15.7. The van der Waals surface area contributed by atoms with Crippen molar-refractivity contribution in [3.05, 3.63) is 77.8 Å². The van der Waals surface area contributed by atoms with E-state index >= 15 is 0 Å². The van der Waals surface area contributed by atoms with Crippen LogP contribution in [0.15, 0.2) is 65.1 Å². The molecular weight excluding hydrogens is 310 g/mol. The molecule has 1 fully saturated rings. The van der Waals surface area contributed by atoms with Gasteiger partial charge >= 0.3 is 0 Å². The average molecular weight is 331 g/mol. The first-order chi connectivity index (χ1) is 12.2. The number of benzene rings is 2. The van der Waals surface area contributed by atoms with E-state index in [2.05, 4.69) is 42.5 Å². The number of aryl methyl sites for hydroxylation is 1. The molecule has 0 spiro atoms. The molecule has 0 bridgehead atoms. The normalized spacial score (nSPS) is 17.6. The Labute approximate surface area is 147 Å². The summed E-state index contributed by atoms with van der Waals surface area (Å²) in [6.07, 6.45) is 5.43. The number of rotatable bonds is 3. The van der Waals surface area contributed by atoms with E-state index in [0.717, 1.165) is 25.1 Å². The standard InChI is InChI=1S/C22H21NO2/c1-16-11-12-18(25-16)13-14-22(24)23-15-5-10-21(23)20-9-4-7-17-6-2-3-8-19(17)20/h2-4,6-9,11-14,21H,5,10,15H2,1H3/b14-13+. The number of likely N-dealkylation sites (tertiary alicyclic amines) is 1. The minimum atomic E-state index is 0.0458. The molecule has 3 heteroatoms. The van der Waals surface area contributed by atoms with Crippen molar-refractivity contribution in [2.24, 2.45) is 0 Å². The zero-order valence-corrected chi connectivity index (χ0v) is 14.3. The Kier molecular flexibility index (Phi) is 4.14. The molecular formula is C22H21NO2. The molecule has 1 atom stereocenters. The van der Waals surface area contributed by atoms with Gasteiger partial charge in [-0.15, -0.1) is 0 Å². The Morgan fingerprint density at radius 3 is 2.80 bits per heavy atom. The molecule has 0 aliphatic carbocycles. The monoisotopic (exact) mass is 331 g/mol. The highest BCUT2D eigenvalue weighted by atomic mass is 16.3. The Bertz CT molecular complexity index is 933. The molecule has 0 saturated carbocycles. The largest absolute Gasteiger partial charge is 0.462 e. The predicted octanol–water partition coefficient (Wildman–Crippen LogP) is 5.12. The molecule has 1 aliphatic heterocycles. The second-order valence-corrected chi connectivity index (χ2v) is 6.54. The van der Waals surface area contributed by atoms with Crippen LogP contribution >= 0.6 is 0 Å². The minimum absolute atomic E-state index is 0.0458. The Hall–Kier alpha value is -2.81. The second-order valence-electron chi connectivity index (χ2n) is 6.54. The van der Waals surface area contributed by atoms with Crippen LogP contribution in [0.2, 0.25) is 0 Å². The van der Waals surface area contributed by atoms with Crippen molar-refractivity contribution in [3.63, 3.8) is 0 Å². The Morgan fingerprint density at radius 1 is 1.12 bits per heavy atom. The molecule has 1 saturated heterocycles. The summed E-state index contributed by atoms with van der Waals surface area (Å²) in [6.45, 7) is 2.70. The molecule has 1 unspecified atom stereocenters. The maximum absolute atomic E-state index is 12.7. The lowest BCUT2D eigenvalue weighted by atomic mass is 9.97. The van der Waals surface area contributed by atoms with Gasteiger partial charge in [0.05, 0.1) is 6.04 Å². The number of nitrogens with zero attached hydrogens (tertiary/aromatic N) is 1. The van der Waals surface area contributed by atoms with Crippen LogP contribution in [-0.4, -0.2) is 17.4 Å². The minimum Gasteiger partial charge on any atom is -0.462 e. The summed E-state index contributed by atoms with van der Waals surface area (Å²) in [7, 11) is 0. The van der Waals surface area contributed by atoms with E-state index in [4.69, 9.17) is 4.42 Å². The van der Waals surface area contributed by atoms with Gasteiger partial charge in [0.15, 0.2) is 0 Å². The molecule has 1 amide bonds. The summed E-state index contributed by atoms with van der Waals surface area (Å²) in [6, 6.07) is 18.7. The van der Waals surface area contributed by atoms with Crippen molar-refractivity contribution >= 4 is 22.8 Å². The van der Waals surface area contributed by atoms with Crippen LogP contribution in [0.3, 0.4) is 0 Å². The van der Waals surface area contributed by atoms with Gasteiger partial charge in [0.25, 0.3) is 0 Å². The molecule has 25 heavy (non-hydrogen) atoms. The fourth-order valence-electron chi connectivity index (χ4n) is 3.69. The summed E-state index contributed by atoms with van der Waals surface area (Å²) in [5.41, 5.74) is 1.24. The Morgan fingerprint density at radius 2 is 1.96 bits per heavy atom. The summed E-state index contributed by atoms with van der Waals surface area (Å²) in [4.78, 5) is 14.7. The summed E-state index contributed by atoms with van der Waals surface area (Å²) < 4.78 is 5.51. The molecule has 0 radical (unpaired) electrons. The number of fused-ring (bicyclic) bond motifs is 1. The molecule has 2 heterocycles. The SMILES string of the molecule is Cc1ccc(/C=C/C(=O)N2CCCC2c2cccc3ccccc23)o1. The highest BCUT2D eigenvalue weighted by Gasteiger charge is 2.29. The lowest BCUT2D eigenvalue weighted by molar-refractivity contribution is -0.126. The first-order valence-corrected chi connectivity index (χ1v) is 8.75. The highest BCUT2D eigenvalue weighted by Crippen LogP contribution is 2.36. The van der Waals surface area contributed by atoms with Gasteiger partial charge in [0, 0.05) is 12.6 Å². The fourth-order valence-corrected chi connectivity index (χ4v) is 3.69. The number of hydrogen-bond donors (Lipinski definition) is 0. The molecule has 3 aromatic rings. The molecule has 1 aliphatic rings. The highest BCUT2D eigenvalue weighted by molar-refractivity contribution is 5.93. The summed E-state index contributed by atoms with van der Waals surface area (Å²) in [5.74, 6) is 1.61. The molecule has 0 N–H and O–H groups in total. The maximum Gasteiger partial charge on any atom is 0.247 e. The van der Waals surface area contributed by atoms with Crippen molar-refractivity contribution in [3.8, 4) is 0 Å². The van der Waals surface area contributed by atoms with Crippen LogP contribution in [0, 0.1) is 6.92 Å². The van der Waals surface area contributed by atoms with Crippen LogP contribution in [0.4, 0.5) is 0 Å². The quantitative estimate of drug-likeness (QED) is 0.624. The topological polar surface area (TPSA) is 33.5 Å². The van der Waals surface area contributed by atoms with Crippen molar-refractivity contribution in [2.75, 3.05) is 6.54 Å². The fraction of sp³-hybridized carbons (Fsp3) is 0.227. The zero-order valence-electron chi connectivity index (χ0n) is 14.3. The van der Waals surface area contributed by atoms with Gasteiger partial charge in [-0.25, -0.2) is 0 Å². The Balaban J connectivity index is 1.61. The van der Waals surface area contributed by atoms with Crippen LogP contribution in [0.1, 0.15) is 36.0 Å². The van der Waals surface area contributed by atoms with Gasteiger partial charge in [-0.1, -0.05) is 42.5 Å². The predicted molar refractivity (Wildman–Crippen MR) is 100 cm³/mol. The van der Waals surface area contributed by atoms with E-state index in [1.807, 2.05) is 24.0 Å².